The molecule has 3 N–H and O–H groups in total. The van der Waals surface area contributed by atoms with Gasteiger partial charge in [0.2, 0.25) is 5.90 Å². The first-order chi connectivity index (χ1) is 24.0. The van der Waals surface area contributed by atoms with Gasteiger partial charge in [-0.2, -0.15) is 0 Å². The maximum Gasteiger partial charge on any atom is 0.306 e. The molecule has 0 radical (unpaired) electrons. The number of hydrogen-bond acceptors (Lipinski definition) is 11. The second kappa shape index (κ2) is 17.4. The molecule has 0 unspecified atom stereocenters. The van der Waals surface area contributed by atoms with Gasteiger partial charge in [-0.15, -0.1) is 0 Å². The molecule has 3 aromatic rings. The Morgan fingerprint density at radius 1 is 1.04 bits per heavy atom. The van der Waals surface area contributed by atoms with Crippen LogP contribution < -0.4 is 25.1 Å². The van der Waals surface area contributed by atoms with Crippen molar-refractivity contribution in [2.24, 2.45) is 10.1 Å². The van der Waals surface area contributed by atoms with E-state index in [9.17, 15) is 9.59 Å². The number of aliphatic hydroxyl groups is 1. The minimum Gasteiger partial charge on any atom is -0.497 e. The van der Waals surface area contributed by atoms with Crippen molar-refractivity contribution in [3.63, 3.8) is 0 Å². The van der Waals surface area contributed by atoms with Crippen molar-refractivity contribution >= 4 is 17.8 Å². The predicted octanol–water partition coefficient (Wildman–Crippen LogP) is 5.48. The first kappa shape index (κ1) is 37.5. The maximum absolute atomic E-state index is 14.5. The van der Waals surface area contributed by atoms with Gasteiger partial charge >= 0.3 is 5.97 Å². The smallest absolute Gasteiger partial charge is 0.306 e. The summed E-state index contributed by atoms with van der Waals surface area (Å²) in [5, 5.41) is 12.8. The molecule has 1 aliphatic heterocycles. The molecule has 0 saturated carbocycles. The van der Waals surface area contributed by atoms with Gasteiger partial charge in [0.25, 0.3) is 5.91 Å². The summed E-state index contributed by atoms with van der Waals surface area (Å²) in [6, 6.07) is 19.5. The molecule has 266 valence electrons. The van der Waals surface area contributed by atoms with Crippen molar-refractivity contribution in [2.75, 3.05) is 27.4 Å². The van der Waals surface area contributed by atoms with Crippen LogP contribution in [0.1, 0.15) is 68.4 Å². The van der Waals surface area contributed by atoms with Crippen molar-refractivity contribution in [1.82, 2.24) is 10.9 Å². The Hall–Kier alpha value is -5.30. The largest absolute Gasteiger partial charge is 0.497 e. The maximum atomic E-state index is 14.5. The number of aliphatic hydroxyl groups excluding tert-OH is 1. The van der Waals surface area contributed by atoms with Gasteiger partial charge in [-0.25, -0.2) is 10.4 Å². The summed E-state index contributed by atoms with van der Waals surface area (Å²) in [5.74, 6) is 0.868. The van der Waals surface area contributed by atoms with Gasteiger partial charge in [0, 0.05) is 42.5 Å². The van der Waals surface area contributed by atoms with Crippen molar-refractivity contribution in [2.45, 2.75) is 70.4 Å². The molecule has 0 spiro atoms. The Morgan fingerprint density at radius 2 is 1.74 bits per heavy atom. The summed E-state index contributed by atoms with van der Waals surface area (Å²) in [5.41, 5.74) is 15.0. The lowest BCUT2D eigenvalue weighted by Crippen LogP contribution is -2.53. The van der Waals surface area contributed by atoms with E-state index < -0.39 is 29.1 Å². The van der Waals surface area contributed by atoms with E-state index in [0.29, 0.717) is 47.0 Å². The Kier molecular flexibility index (Phi) is 13.0. The van der Waals surface area contributed by atoms with E-state index in [4.69, 9.17) is 39.3 Å². The molecule has 50 heavy (non-hydrogen) atoms. The van der Waals surface area contributed by atoms with Crippen molar-refractivity contribution < 1.29 is 38.4 Å². The highest BCUT2D eigenvalue weighted by Gasteiger charge is 2.54. The van der Waals surface area contributed by atoms with Gasteiger partial charge in [0.1, 0.15) is 22.8 Å². The molecule has 2 atom stereocenters. The summed E-state index contributed by atoms with van der Waals surface area (Å²) < 4.78 is 28.6. The minimum absolute atomic E-state index is 0.00142. The van der Waals surface area contributed by atoms with E-state index in [1.165, 1.54) is 0 Å². The average Bonchev–Trinajstić information content (AvgIpc) is 3.50. The number of rotatable bonds is 17. The Bertz CT molecular complexity index is 1680. The second-order valence-electron chi connectivity index (χ2n) is 12.5. The molecule has 0 saturated heterocycles. The topological polar surface area (TPSA) is 186 Å². The fraction of sp³-hybridized carbons (Fsp3) is 0.417. The van der Waals surface area contributed by atoms with Gasteiger partial charge in [-0.3, -0.25) is 15.0 Å². The average molecular weight is 689 g/mol. The number of benzene rings is 3. The molecule has 1 aliphatic rings. The van der Waals surface area contributed by atoms with Crippen LogP contribution >= 0.6 is 0 Å². The van der Waals surface area contributed by atoms with Crippen molar-refractivity contribution in [1.29, 1.82) is 0 Å². The second-order valence-corrected chi connectivity index (χ2v) is 12.5. The van der Waals surface area contributed by atoms with Crippen LogP contribution in [0.5, 0.6) is 17.2 Å². The zero-order valence-electron chi connectivity index (χ0n) is 29.0. The molecule has 0 aromatic heterocycles. The van der Waals surface area contributed by atoms with Crippen LogP contribution in [0.2, 0.25) is 0 Å². The quantitative estimate of drug-likeness (QED) is 0.0413. The zero-order chi connectivity index (χ0) is 36.1. The summed E-state index contributed by atoms with van der Waals surface area (Å²) in [4.78, 5) is 35.4. The molecule has 14 nitrogen and oxygen atoms in total. The monoisotopic (exact) mass is 688 g/mol. The number of methoxy groups -OCH3 is 2. The number of nitrogens with zero attached hydrogens (tertiary/aromatic N) is 4. The Labute approximate surface area is 291 Å². The first-order valence-electron chi connectivity index (χ1n) is 16.2. The third-order valence-corrected chi connectivity index (χ3v) is 7.71. The number of azide groups is 1. The van der Waals surface area contributed by atoms with E-state index in [2.05, 4.69) is 20.9 Å². The number of carbonyl (C=O) groups excluding carboxylic acids is 2. The fourth-order valence-electron chi connectivity index (χ4n) is 5.38. The van der Waals surface area contributed by atoms with Gasteiger partial charge in [0.05, 0.1) is 27.4 Å². The van der Waals surface area contributed by atoms with Gasteiger partial charge in [-0.1, -0.05) is 29.4 Å². The van der Waals surface area contributed by atoms with Crippen LogP contribution in [0, 0.1) is 0 Å². The fourth-order valence-corrected chi connectivity index (χ4v) is 5.38. The minimum atomic E-state index is -1.67. The molecular formula is C36H44N6O8. The van der Waals surface area contributed by atoms with Crippen LogP contribution in [-0.2, 0) is 32.2 Å². The summed E-state index contributed by atoms with van der Waals surface area (Å²) in [6.07, 6.45) is -0.757. The van der Waals surface area contributed by atoms with Crippen molar-refractivity contribution in [3.8, 4) is 17.2 Å². The molecule has 1 amide bonds. The lowest BCUT2D eigenvalue weighted by Gasteiger charge is -2.32. The van der Waals surface area contributed by atoms with E-state index in [-0.39, 0.29) is 38.4 Å². The van der Waals surface area contributed by atoms with E-state index in [0.717, 1.165) is 5.56 Å². The normalized spacial score (nSPS) is 16.8. The van der Waals surface area contributed by atoms with E-state index >= 15 is 0 Å². The molecule has 3 aromatic carbocycles. The van der Waals surface area contributed by atoms with E-state index in [1.54, 1.807) is 102 Å². The van der Waals surface area contributed by atoms with Crippen LogP contribution in [0.15, 0.2) is 76.8 Å². The Morgan fingerprint density at radius 3 is 2.38 bits per heavy atom. The highest BCUT2D eigenvalue weighted by molar-refractivity contribution is 6.01. The lowest BCUT2D eigenvalue weighted by molar-refractivity contribution is -0.155. The van der Waals surface area contributed by atoms with Crippen LogP contribution in [0.25, 0.3) is 10.4 Å². The van der Waals surface area contributed by atoms with Gasteiger partial charge < -0.3 is 28.8 Å². The van der Waals surface area contributed by atoms with E-state index in [1.807, 2.05) is 0 Å². The van der Waals surface area contributed by atoms with Crippen LogP contribution in [0.4, 0.5) is 0 Å². The number of nitrogens with one attached hydrogen (secondary N) is 2. The third kappa shape index (κ3) is 9.88. The SMILES string of the molecule is COc1cc(CNNC(=O)[C@@]2(CCC(=O)OC(C)(C)C)N=C(c3ccc(OCCCO)cc3)O[C@H]2c2ccccc2CN=[N+]=[N-])cc(OC)c1. The van der Waals surface area contributed by atoms with Gasteiger partial charge in [0.15, 0.2) is 11.6 Å². The molecule has 1 heterocycles. The highest BCUT2D eigenvalue weighted by atomic mass is 16.6. The summed E-state index contributed by atoms with van der Waals surface area (Å²) in [6.45, 7) is 5.88. The zero-order valence-corrected chi connectivity index (χ0v) is 29.0. The first-order valence-corrected chi connectivity index (χ1v) is 16.2. The number of amides is 1. The summed E-state index contributed by atoms with van der Waals surface area (Å²) in [7, 11) is 3.10. The molecule has 0 aliphatic carbocycles. The number of aliphatic imine (C=N–C) groups is 1. The van der Waals surface area contributed by atoms with Gasteiger partial charge in [-0.05, 0) is 85.8 Å². The van der Waals surface area contributed by atoms with Crippen molar-refractivity contribution in [3.05, 3.63) is 99.4 Å². The predicted molar refractivity (Wildman–Crippen MR) is 186 cm³/mol. The number of esters is 1. The molecule has 4 rings (SSSR count). The highest BCUT2D eigenvalue weighted by Crippen LogP contribution is 2.44. The summed E-state index contributed by atoms with van der Waals surface area (Å²) >= 11 is 0. The lowest BCUT2D eigenvalue weighted by atomic mass is 9.82. The number of hydrazine groups is 1. The van der Waals surface area contributed by atoms with Crippen LogP contribution in [-0.4, -0.2) is 61.5 Å². The third-order valence-electron chi connectivity index (χ3n) is 7.71. The molecule has 0 fully saturated rings. The standard InChI is InChI=1S/C36H44N6O8/c1-35(2,3)50-31(44)15-16-36(34(45)41-38-22-24-19-28(46-4)21-29(20-24)47-5)32(30-10-7-6-9-26(30)23-39-42-37)49-33(40-36)25-11-13-27(14-12-25)48-18-8-17-43/h6-7,9-14,19-21,32,38,43H,8,15-18,22-23H2,1-5H3,(H,41,45)/t32-,36-/m0/s1. The number of carbonyl (C=O) groups is 2. The Balaban J connectivity index is 1.75. The van der Waals surface area contributed by atoms with Crippen LogP contribution in [0.3, 0.4) is 0 Å². The number of hydrogen-bond donors (Lipinski definition) is 3. The molecule has 0 bridgehead atoms. The molecule has 14 heteroatoms. The molecular weight excluding hydrogens is 644 g/mol. The number of ether oxygens (including phenoxy) is 5.